The predicted octanol–water partition coefficient (Wildman–Crippen LogP) is 4.35. The van der Waals surface area contributed by atoms with E-state index in [1.165, 1.54) is 15.6 Å². The minimum Gasteiger partial charge on any atom is -0.372 e. The van der Waals surface area contributed by atoms with E-state index in [0.717, 1.165) is 29.9 Å². The van der Waals surface area contributed by atoms with Crippen molar-refractivity contribution in [2.45, 2.75) is 37.1 Å². The molecule has 6 nitrogen and oxygen atoms in total. The van der Waals surface area contributed by atoms with Crippen LogP contribution in [0.4, 0.5) is 11.4 Å². The maximum Gasteiger partial charge on any atom is 0.253 e. The Morgan fingerprint density at radius 2 is 1.72 bits per heavy atom. The third-order valence-corrected chi connectivity index (χ3v) is 9.06. The molecule has 1 aliphatic rings. The minimum absolute atomic E-state index is 0.176. The number of thiophene rings is 1. The van der Waals surface area contributed by atoms with Crippen molar-refractivity contribution in [1.29, 1.82) is 0 Å². The molecule has 0 radical (unpaired) electrons. The van der Waals surface area contributed by atoms with Gasteiger partial charge in [0.15, 0.2) is 0 Å². The van der Waals surface area contributed by atoms with Gasteiger partial charge in [-0.25, -0.2) is 8.42 Å². The van der Waals surface area contributed by atoms with Crippen LogP contribution >= 0.6 is 11.3 Å². The van der Waals surface area contributed by atoms with E-state index < -0.39 is 16.1 Å². The Morgan fingerprint density at radius 3 is 2.34 bits per heavy atom. The Balaban J connectivity index is 1.61. The minimum atomic E-state index is -3.79. The molecule has 0 aliphatic carbocycles. The monoisotopic (exact) mass is 469 g/mol. The summed E-state index contributed by atoms with van der Waals surface area (Å²) >= 11 is 1.17. The Kier molecular flexibility index (Phi) is 6.64. The summed E-state index contributed by atoms with van der Waals surface area (Å²) in [5.74, 6) is -0.324. The Labute approximate surface area is 193 Å². The first-order valence-electron chi connectivity index (χ1n) is 10.7. The second-order valence-corrected chi connectivity index (χ2v) is 10.7. The van der Waals surface area contributed by atoms with E-state index in [-0.39, 0.29) is 16.7 Å². The molecule has 168 valence electrons. The van der Waals surface area contributed by atoms with Crippen LogP contribution in [0.15, 0.2) is 70.3 Å². The van der Waals surface area contributed by atoms with Gasteiger partial charge in [0.2, 0.25) is 5.91 Å². The number of hydrogen-bond donors (Lipinski definition) is 1. The number of hydrogen-bond acceptors (Lipinski definition) is 5. The largest absolute Gasteiger partial charge is 0.372 e. The number of fused-ring (bicyclic) bond motifs is 1. The quantitative estimate of drug-likeness (QED) is 0.559. The average Bonchev–Trinajstić information content (AvgIpc) is 3.36. The lowest BCUT2D eigenvalue weighted by atomic mass is 9.95. The van der Waals surface area contributed by atoms with Crippen molar-refractivity contribution >= 4 is 38.6 Å². The van der Waals surface area contributed by atoms with Gasteiger partial charge in [-0.05, 0) is 67.1 Å². The first-order chi connectivity index (χ1) is 15.4. The normalized spacial score (nSPS) is 16.4. The summed E-state index contributed by atoms with van der Waals surface area (Å²) in [4.78, 5) is 15.5. The third kappa shape index (κ3) is 4.44. The maximum absolute atomic E-state index is 13.4. The molecule has 0 unspecified atom stereocenters. The van der Waals surface area contributed by atoms with Crippen LogP contribution in [0, 0.1) is 0 Å². The summed E-state index contributed by atoms with van der Waals surface area (Å²) in [5, 5.41) is 4.67. The number of benzene rings is 2. The number of carbonyl (C=O) groups excluding carboxylic acids is 1. The summed E-state index contributed by atoms with van der Waals surface area (Å²) in [5.41, 5.74) is 3.67. The van der Waals surface area contributed by atoms with Crippen LogP contribution in [-0.2, 0) is 27.8 Å². The summed E-state index contributed by atoms with van der Waals surface area (Å²) in [7, 11) is -3.79. The zero-order valence-corrected chi connectivity index (χ0v) is 19.8. The highest BCUT2D eigenvalue weighted by atomic mass is 32.2. The molecule has 1 atom stereocenters. The van der Waals surface area contributed by atoms with Crippen molar-refractivity contribution in [3.8, 4) is 0 Å². The molecule has 0 saturated carbocycles. The molecule has 0 spiro atoms. The molecule has 8 heteroatoms. The van der Waals surface area contributed by atoms with Gasteiger partial charge in [0.05, 0.1) is 0 Å². The fraction of sp³-hybridized carbons (Fsp3) is 0.292. The first-order valence-corrected chi connectivity index (χ1v) is 13.0. The molecular formula is C24H27N3O3S2. The summed E-state index contributed by atoms with van der Waals surface area (Å²) < 4.78 is 28.3. The van der Waals surface area contributed by atoms with Crippen molar-refractivity contribution in [2.75, 3.05) is 23.3 Å². The van der Waals surface area contributed by atoms with Gasteiger partial charge >= 0.3 is 0 Å². The Morgan fingerprint density at radius 1 is 1.03 bits per heavy atom. The number of nitrogens with one attached hydrogen (secondary N) is 1. The van der Waals surface area contributed by atoms with Crippen molar-refractivity contribution in [3.63, 3.8) is 0 Å². The standard InChI is InChI=1S/C24H27N3O3S2/c1-3-26(4-2)21-13-11-20(12-14-21)25-24(28)22-16-18-8-5-6-9-19(18)17-27(22)32(29,30)23-10-7-15-31-23/h5-15,22H,3-4,16-17H2,1-2H3,(H,25,28)/t22-/m1/s1. The predicted molar refractivity (Wildman–Crippen MR) is 130 cm³/mol. The number of carbonyl (C=O) groups is 1. The van der Waals surface area contributed by atoms with Crippen LogP contribution in [-0.4, -0.2) is 37.8 Å². The highest BCUT2D eigenvalue weighted by Crippen LogP contribution is 2.31. The Bertz CT molecular complexity index is 1170. The Hall–Kier alpha value is -2.68. The summed E-state index contributed by atoms with van der Waals surface area (Å²) in [6.45, 7) is 6.18. The van der Waals surface area contributed by atoms with E-state index >= 15 is 0 Å². The van der Waals surface area contributed by atoms with Crippen molar-refractivity contribution in [2.24, 2.45) is 0 Å². The van der Waals surface area contributed by atoms with Gasteiger partial charge in [-0.15, -0.1) is 11.3 Å². The number of sulfonamides is 1. The second-order valence-electron chi connectivity index (χ2n) is 7.68. The number of anilines is 2. The number of amides is 1. The molecule has 0 bridgehead atoms. The van der Waals surface area contributed by atoms with Gasteiger partial charge in [0.25, 0.3) is 10.0 Å². The second kappa shape index (κ2) is 9.44. The van der Waals surface area contributed by atoms with E-state index in [1.807, 2.05) is 48.5 Å². The molecule has 1 aliphatic heterocycles. The molecule has 0 fully saturated rings. The molecule has 1 amide bonds. The zero-order chi connectivity index (χ0) is 22.7. The van der Waals surface area contributed by atoms with E-state index in [0.29, 0.717) is 12.1 Å². The van der Waals surface area contributed by atoms with E-state index in [9.17, 15) is 13.2 Å². The van der Waals surface area contributed by atoms with Crippen LogP contribution in [0.2, 0.25) is 0 Å². The molecule has 1 N–H and O–H groups in total. The lowest BCUT2D eigenvalue weighted by Gasteiger charge is -2.34. The van der Waals surface area contributed by atoms with E-state index in [2.05, 4.69) is 24.1 Å². The topological polar surface area (TPSA) is 69.7 Å². The fourth-order valence-electron chi connectivity index (χ4n) is 4.07. The van der Waals surface area contributed by atoms with Crippen LogP contribution in [0.3, 0.4) is 0 Å². The van der Waals surface area contributed by atoms with Gasteiger partial charge in [-0.2, -0.15) is 4.31 Å². The number of rotatable bonds is 7. The van der Waals surface area contributed by atoms with E-state index in [4.69, 9.17) is 0 Å². The fourth-order valence-corrected chi connectivity index (χ4v) is 6.76. The average molecular weight is 470 g/mol. The highest BCUT2D eigenvalue weighted by molar-refractivity contribution is 7.91. The van der Waals surface area contributed by atoms with Crippen molar-refractivity contribution in [3.05, 3.63) is 77.2 Å². The van der Waals surface area contributed by atoms with Crippen molar-refractivity contribution < 1.29 is 13.2 Å². The van der Waals surface area contributed by atoms with Crippen LogP contribution < -0.4 is 10.2 Å². The molecule has 2 aromatic carbocycles. The van der Waals surface area contributed by atoms with Gasteiger partial charge in [-0.1, -0.05) is 30.3 Å². The molecular weight excluding hydrogens is 442 g/mol. The molecule has 0 saturated heterocycles. The lowest BCUT2D eigenvalue weighted by Crippen LogP contribution is -2.50. The van der Waals surface area contributed by atoms with Gasteiger partial charge in [0, 0.05) is 31.0 Å². The van der Waals surface area contributed by atoms with Crippen LogP contribution in [0.1, 0.15) is 25.0 Å². The first kappa shape index (κ1) is 22.5. The molecule has 2 heterocycles. The summed E-state index contributed by atoms with van der Waals surface area (Å²) in [6.07, 6.45) is 0.337. The van der Waals surface area contributed by atoms with Gasteiger partial charge in [-0.3, -0.25) is 4.79 Å². The van der Waals surface area contributed by atoms with Gasteiger partial charge in [0.1, 0.15) is 10.3 Å². The maximum atomic E-state index is 13.4. The van der Waals surface area contributed by atoms with Gasteiger partial charge < -0.3 is 10.2 Å². The highest BCUT2D eigenvalue weighted by Gasteiger charge is 2.40. The molecule has 32 heavy (non-hydrogen) atoms. The zero-order valence-electron chi connectivity index (χ0n) is 18.2. The molecule has 4 rings (SSSR count). The summed E-state index contributed by atoms with van der Waals surface area (Å²) in [6, 6.07) is 17.8. The van der Waals surface area contributed by atoms with Crippen molar-refractivity contribution in [1.82, 2.24) is 4.31 Å². The van der Waals surface area contributed by atoms with Crippen LogP contribution in [0.25, 0.3) is 0 Å². The smallest absolute Gasteiger partial charge is 0.253 e. The molecule has 3 aromatic rings. The van der Waals surface area contributed by atoms with E-state index in [1.54, 1.807) is 17.5 Å². The third-order valence-electron chi connectivity index (χ3n) is 5.83. The number of nitrogens with zero attached hydrogens (tertiary/aromatic N) is 2. The van der Waals surface area contributed by atoms with Crippen LogP contribution in [0.5, 0.6) is 0 Å². The lowest BCUT2D eigenvalue weighted by molar-refractivity contribution is -0.120. The molecule has 1 aromatic heterocycles. The SMILES string of the molecule is CCN(CC)c1ccc(NC(=O)[C@H]2Cc3ccccc3CN2S(=O)(=O)c2cccs2)cc1.